The topological polar surface area (TPSA) is 51.2 Å². The zero-order valence-electron chi connectivity index (χ0n) is 7.16. The third-order valence-corrected chi connectivity index (χ3v) is 3.60. The van der Waals surface area contributed by atoms with E-state index in [2.05, 4.69) is 0 Å². The van der Waals surface area contributed by atoms with Crippen LogP contribution in [0.15, 0.2) is 0 Å². The van der Waals surface area contributed by atoms with Crippen molar-refractivity contribution in [1.29, 1.82) is 0 Å². The van der Waals surface area contributed by atoms with Gasteiger partial charge in [-0.05, 0) is 5.92 Å². The Morgan fingerprint density at radius 3 is 1.31 bits per heavy atom. The van der Waals surface area contributed by atoms with Crippen molar-refractivity contribution in [3.8, 4) is 0 Å². The van der Waals surface area contributed by atoms with Crippen LogP contribution in [0.1, 0.15) is 19.3 Å². The van der Waals surface area contributed by atoms with Crippen molar-refractivity contribution in [2.24, 2.45) is 23.7 Å². The van der Waals surface area contributed by atoms with Gasteiger partial charge in [0.15, 0.2) is 0 Å². The molecule has 0 radical (unpaired) electrons. The van der Waals surface area contributed by atoms with E-state index in [1.165, 1.54) is 0 Å². The van der Waals surface area contributed by atoms with Gasteiger partial charge in [0, 0.05) is 37.0 Å². The highest BCUT2D eigenvalue weighted by Crippen LogP contribution is 2.55. The molecular weight excluding hydrogens is 168 g/mol. The molecule has 68 valence electrons. The summed E-state index contributed by atoms with van der Waals surface area (Å²) in [5.41, 5.74) is 0. The molecule has 0 unspecified atom stereocenters. The van der Waals surface area contributed by atoms with E-state index in [4.69, 9.17) is 0 Å². The van der Waals surface area contributed by atoms with Gasteiger partial charge >= 0.3 is 0 Å². The largest absolute Gasteiger partial charge is 0.299 e. The van der Waals surface area contributed by atoms with Gasteiger partial charge in [-0.25, -0.2) is 0 Å². The van der Waals surface area contributed by atoms with Gasteiger partial charge in [0.1, 0.15) is 17.3 Å². The summed E-state index contributed by atoms with van der Waals surface area (Å²) in [7, 11) is 0. The van der Waals surface area contributed by atoms with Gasteiger partial charge < -0.3 is 0 Å². The molecule has 4 aliphatic rings. The molecule has 3 nitrogen and oxygen atoms in total. The van der Waals surface area contributed by atoms with E-state index in [1.807, 2.05) is 0 Å². The lowest BCUT2D eigenvalue weighted by atomic mass is 9.96. The van der Waals surface area contributed by atoms with Gasteiger partial charge in [-0.15, -0.1) is 0 Å². The average Bonchev–Trinajstić information content (AvgIpc) is 2.75. The first-order chi connectivity index (χ1) is 6.18. The number of carbonyl (C=O) groups excluding carboxylic acids is 3. The number of hydrogen-bond donors (Lipinski definition) is 0. The zero-order valence-corrected chi connectivity index (χ0v) is 7.16. The Morgan fingerprint density at radius 1 is 0.692 bits per heavy atom. The Hall–Kier alpha value is -0.990. The normalized spacial score (nSPS) is 47.5. The molecule has 0 atom stereocenters. The molecule has 0 N–H and O–H groups in total. The van der Waals surface area contributed by atoms with Crippen molar-refractivity contribution >= 4 is 17.3 Å². The van der Waals surface area contributed by atoms with E-state index in [0.29, 0.717) is 19.3 Å². The van der Waals surface area contributed by atoms with Gasteiger partial charge in [-0.1, -0.05) is 0 Å². The van der Waals surface area contributed by atoms with Crippen molar-refractivity contribution in [3.05, 3.63) is 0 Å². The molecule has 0 aliphatic heterocycles. The smallest absolute Gasteiger partial charge is 0.137 e. The summed E-state index contributed by atoms with van der Waals surface area (Å²) in [4.78, 5) is 34.5. The van der Waals surface area contributed by atoms with Crippen LogP contribution in [0.4, 0.5) is 0 Å². The molecular formula is C10H10O3. The minimum atomic E-state index is -0.201. The maximum atomic E-state index is 11.5. The Morgan fingerprint density at radius 2 is 1.00 bits per heavy atom. The lowest BCUT2D eigenvalue weighted by molar-refractivity contribution is -0.122. The quantitative estimate of drug-likeness (QED) is 0.538. The van der Waals surface area contributed by atoms with Crippen LogP contribution >= 0.6 is 0 Å². The fourth-order valence-corrected chi connectivity index (χ4v) is 2.99. The van der Waals surface area contributed by atoms with E-state index in [-0.39, 0.29) is 41.0 Å². The second-order valence-electron chi connectivity index (χ2n) is 4.45. The van der Waals surface area contributed by atoms with Gasteiger partial charge in [0.2, 0.25) is 0 Å². The Balaban J connectivity index is 2.09. The SMILES string of the molecule is O=C1CC2CC(=O)C3C1C3C(=O)C2. The lowest BCUT2D eigenvalue weighted by Crippen LogP contribution is -2.07. The second kappa shape index (κ2) is 2.08. The first-order valence-electron chi connectivity index (χ1n) is 4.76. The average molecular weight is 178 g/mol. The summed E-state index contributed by atoms with van der Waals surface area (Å²) in [5.74, 6) is -0.0786. The molecule has 0 aromatic heterocycles. The Bertz CT molecular complexity index is 273. The van der Waals surface area contributed by atoms with Crippen molar-refractivity contribution < 1.29 is 14.4 Å². The summed E-state index contributed by atoms with van der Waals surface area (Å²) < 4.78 is 0. The van der Waals surface area contributed by atoms with E-state index < -0.39 is 0 Å². The summed E-state index contributed by atoms with van der Waals surface area (Å²) in [5, 5.41) is 0. The van der Waals surface area contributed by atoms with Gasteiger partial charge in [0.25, 0.3) is 0 Å². The number of hydrogen-bond acceptors (Lipinski definition) is 3. The number of ketones is 3. The minimum absolute atomic E-state index is 0.0347. The number of Topliss-reactive ketones (excluding diaryl/α,β-unsaturated/α-hetero) is 3. The van der Waals surface area contributed by atoms with E-state index in [1.54, 1.807) is 0 Å². The maximum absolute atomic E-state index is 11.5. The molecule has 4 bridgehead atoms. The highest BCUT2D eigenvalue weighted by atomic mass is 16.2. The van der Waals surface area contributed by atoms with Crippen molar-refractivity contribution in [3.63, 3.8) is 0 Å². The third kappa shape index (κ3) is 0.820. The standard InChI is InChI=1S/C10H10O3/c11-5-1-4-2-6(12)9-8(5)10(9)7(13)3-4/h4,8-10H,1-3H2. The molecule has 0 spiro atoms. The van der Waals surface area contributed by atoms with Crippen LogP contribution in [0.3, 0.4) is 0 Å². The fourth-order valence-electron chi connectivity index (χ4n) is 2.99. The molecule has 4 saturated carbocycles. The summed E-state index contributed by atoms with van der Waals surface area (Å²) >= 11 is 0. The summed E-state index contributed by atoms with van der Waals surface area (Å²) in [6.07, 6.45) is 1.40. The summed E-state index contributed by atoms with van der Waals surface area (Å²) in [6, 6.07) is 0. The fraction of sp³-hybridized carbons (Fsp3) is 0.700. The highest BCUT2D eigenvalue weighted by Gasteiger charge is 2.65. The van der Waals surface area contributed by atoms with Crippen LogP contribution in [0.25, 0.3) is 0 Å². The number of rotatable bonds is 0. The van der Waals surface area contributed by atoms with Gasteiger partial charge in [-0.2, -0.15) is 0 Å². The highest BCUT2D eigenvalue weighted by molar-refractivity contribution is 6.07. The van der Waals surface area contributed by atoms with Crippen molar-refractivity contribution in [2.45, 2.75) is 19.3 Å². The van der Waals surface area contributed by atoms with Crippen LogP contribution in [0.2, 0.25) is 0 Å². The molecule has 0 heterocycles. The van der Waals surface area contributed by atoms with Gasteiger partial charge in [-0.3, -0.25) is 14.4 Å². The van der Waals surface area contributed by atoms with Crippen LogP contribution in [0, 0.1) is 23.7 Å². The van der Waals surface area contributed by atoms with Crippen molar-refractivity contribution in [1.82, 2.24) is 0 Å². The predicted molar refractivity (Wildman–Crippen MR) is 42.8 cm³/mol. The second-order valence-corrected chi connectivity index (χ2v) is 4.45. The summed E-state index contributed by atoms with van der Waals surface area (Å²) in [6.45, 7) is 0. The van der Waals surface area contributed by atoms with E-state index in [0.717, 1.165) is 0 Å². The van der Waals surface area contributed by atoms with Crippen LogP contribution in [-0.2, 0) is 14.4 Å². The molecule has 0 aromatic carbocycles. The third-order valence-electron chi connectivity index (χ3n) is 3.60. The van der Waals surface area contributed by atoms with E-state index in [9.17, 15) is 14.4 Å². The monoisotopic (exact) mass is 178 g/mol. The number of carbonyl (C=O) groups is 3. The molecule has 0 amide bonds. The van der Waals surface area contributed by atoms with Crippen molar-refractivity contribution in [2.75, 3.05) is 0 Å². The molecule has 13 heavy (non-hydrogen) atoms. The first-order valence-corrected chi connectivity index (χ1v) is 4.76. The first kappa shape index (κ1) is 7.42. The zero-order chi connectivity index (χ0) is 9.16. The lowest BCUT2D eigenvalue weighted by Gasteiger charge is -2.06. The molecule has 4 rings (SSSR count). The molecule has 4 fully saturated rings. The molecule has 4 aliphatic carbocycles. The molecule has 0 aromatic rings. The Kier molecular flexibility index (Phi) is 1.19. The van der Waals surface area contributed by atoms with Crippen LogP contribution in [-0.4, -0.2) is 17.3 Å². The predicted octanol–water partition coefficient (Wildman–Crippen LogP) is 0.370. The Labute approximate surface area is 75.5 Å². The van der Waals surface area contributed by atoms with E-state index >= 15 is 0 Å². The number of fused-ring (bicyclic) bond motifs is 3. The minimum Gasteiger partial charge on any atom is -0.299 e. The molecule has 0 saturated heterocycles. The van der Waals surface area contributed by atoms with Crippen LogP contribution < -0.4 is 0 Å². The maximum Gasteiger partial charge on any atom is 0.137 e. The molecule has 3 heteroatoms. The van der Waals surface area contributed by atoms with Gasteiger partial charge in [0.05, 0.1) is 0 Å². The van der Waals surface area contributed by atoms with Crippen LogP contribution in [0.5, 0.6) is 0 Å².